The van der Waals surface area contributed by atoms with Crippen molar-refractivity contribution < 1.29 is 14.6 Å². The molecule has 0 atom stereocenters. The third-order valence-corrected chi connectivity index (χ3v) is 3.55. The van der Waals surface area contributed by atoms with Gasteiger partial charge in [0.1, 0.15) is 5.41 Å². The minimum absolute atomic E-state index is 0.0169. The van der Waals surface area contributed by atoms with Crippen LogP contribution < -0.4 is 0 Å². The molecule has 0 unspecified atom stereocenters. The van der Waals surface area contributed by atoms with Gasteiger partial charge in [0, 0.05) is 5.56 Å². The molecule has 0 saturated carbocycles. The number of ketones is 1. The summed E-state index contributed by atoms with van der Waals surface area (Å²) in [6.45, 7) is 6.91. The number of hydrogen-bond donors (Lipinski definition) is 1. The molecular formula is C15H20O3. The molecule has 0 aromatic heterocycles. The van der Waals surface area contributed by atoms with Crippen LogP contribution in [0.2, 0.25) is 0 Å². The summed E-state index contributed by atoms with van der Waals surface area (Å²) in [7, 11) is 0. The van der Waals surface area contributed by atoms with Crippen molar-refractivity contribution in [1.29, 1.82) is 0 Å². The number of carbonyl (C=O) groups is 1. The highest BCUT2D eigenvalue weighted by molar-refractivity contribution is 6.01. The summed E-state index contributed by atoms with van der Waals surface area (Å²) >= 11 is 0. The largest absolute Gasteiger partial charge is 0.395 e. The first-order chi connectivity index (χ1) is 8.39. The molecule has 1 fully saturated rings. The van der Waals surface area contributed by atoms with Gasteiger partial charge < -0.3 is 9.84 Å². The number of hydrogen-bond acceptors (Lipinski definition) is 3. The molecule has 1 aromatic rings. The van der Waals surface area contributed by atoms with E-state index in [1.807, 2.05) is 24.3 Å². The smallest absolute Gasteiger partial charge is 0.175 e. The summed E-state index contributed by atoms with van der Waals surface area (Å²) in [5.74, 6) is -0.0169. The van der Waals surface area contributed by atoms with Gasteiger partial charge in [-0.2, -0.15) is 0 Å². The van der Waals surface area contributed by atoms with Gasteiger partial charge in [0.15, 0.2) is 5.78 Å². The Morgan fingerprint density at radius 1 is 1.28 bits per heavy atom. The zero-order valence-electron chi connectivity index (χ0n) is 11.2. The lowest BCUT2D eigenvalue weighted by atomic mass is 9.78. The lowest BCUT2D eigenvalue weighted by Crippen LogP contribution is -2.51. The highest BCUT2D eigenvalue weighted by Crippen LogP contribution is 2.32. The first kappa shape index (κ1) is 13.2. The molecule has 1 aromatic carbocycles. The van der Waals surface area contributed by atoms with Crippen LogP contribution in [-0.4, -0.2) is 30.7 Å². The van der Waals surface area contributed by atoms with Crippen molar-refractivity contribution in [2.75, 3.05) is 19.8 Å². The fraction of sp³-hybridized carbons (Fsp3) is 0.533. The zero-order chi connectivity index (χ0) is 13.4. The number of rotatable bonds is 3. The van der Waals surface area contributed by atoms with E-state index in [1.54, 1.807) is 0 Å². The van der Waals surface area contributed by atoms with Crippen molar-refractivity contribution in [2.45, 2.75) is 26.2 Å². The zero-order valence-corrected chi connectivity index (χ0v) is 11.2. The van der Waals surface area contributed by atoms with Gasteiger partial charge in [0.2, 0.25) is 0 Å². The SMILES string of the molecule is CC(C)(C)c1ccc(C(=O)C2(CO)COC2)cc1. The van der Waals surface area contributed by atoms with Crippen molar-refractivity contribution in [3.8, 4) is 0 Å². The Kier molecular flexibility index (Phi) is 3.30. The molecule has 0 amide bonds. The summed E-state index contributed by atoms with van der Waals surface area (Å²) in [5, 5.41) is 9.35. The van der Waals surface area contributed by atoms with Gasteiger partial charge in [0.05, 0.1) is 19.8 Å². The molecule has 1 aliphatic heterocycles. The van der Waals surface area contributed by atoms with Crippen molar-refractivity contribution in [3.63, 3.8) is 0 Å². The van der Waals surface area contributed by atoms with Gasteiger partial charge >= 0.3 is 0 Å². The molecule has 98 valence electrons. The van der Waals surface area contributed by atoms with E-state index in [0.29, 0.717) is 18.8 Å². The summed E-state index contributed by atoms with van der Waals surface area (Å²) in [4.78, 5) is 12.3. The van der Waals surface area contributed by atoms with Gasteiger partial charge in [-0.3, -0.25) is 4.79 Å². The molecule has 1 heterocycles. The molecule has 2 rings (SSSR count). The van der Waals surface area contributed by atoms with E-state index in [9.17, 15) is 9.90 Å². The van der Waals surface area contributed by atoms with E-state index in [0.717, 1.165) is 0 Å². The molecule has 1 saturated heterocycles. The van der Waals surface area contributed by atoms with E-state index in [2.05, 4.69) is 20.8 Å². The van der Waals surface area contributed by atoms with Gasteiger partial charge in [-0.15, -0.1) is 0 Å². The molecule has 1 aliphatic rings. The maximum Gasteiger partial charge on any atom is 0.175 e. The summed E-state index contributed by atoms with van der Waals surface area (Å²) in [6, 6.07) is 7.66. The first-order valence-electron chi connectivity index (χ1n) is 6.23. The number of aliphatic hydroxyl groups is 1. The highest BCUT2D eigenvalue weighted by atomic mass is 16.5. The number of carbonyl (C=O) groups excluding carboxylic acids is 1. The number of benzene rings is 1. The quantitative estimate of drug-likeness (QED) is 0.834. The van der Waals surface area contributed by atoms with E-state index in [4.69, 9.17) is 4.74 Å². The highest BCUT2D eigenvalue weighted by Gasteiger charge is 2.45. The summed E-state index contributed by atoms with van der Waals surface area (Å²) in [5.41, 5.74) is 1.22. The molecule has 1 N–H and O–H groups in total. The third kappa shape index (κ3) is 2.20. The second-order valence-corrected chi connectivity index (χ2v) is 6.09. The molecule has 0 bridgehead atoms. The molecule has 0 spiro atoms. The molecule has 0 aliphatic carbocycles. The summed E-state index contributed by atoms with van der Waals surface area (Å²) < 4.78 is 5.07. The van der Waals surface area contributed by atoms with Crippen molar-refractivity contribution >= 4 is 5.78 Å². The minimum atomic E-state index is -0.705. The van der Waals surface area contributed by atoms with Crippen LogP contribution in [0.3, 0.4) is 0 Å². The van der Waals surface area contributed by atoms with E-state index >= 15 is 0 Å². The van der Waals surface area contributed by atoms with E-state index in [-0.39, 0.29) is 17.8 Å². The Labute approximate surface area is 108 Å². The predicted molar refractivity (Wildman–Crippen MR) is 69.8 cm³/mol. The van der Waals surface area contributed by atoms with Gasteiger partial charge in [-0.25, -0.2) is 0 Å². The lowest BCUT2D eigenvalue weighted by Gasteiger charge is -2.38. The first-order valence-corrected chi connectivity index (χ1v) is 6.23. The van der Waals surface area contributed by atoms with Crippen LogP contribution in [0, 0.1) is 5.41 Å². The molecule has 18 heavy (non-hydrogen) atoms. The fourth-order valence-corrected chi connectivity index (χ4v) is 2.07. The monoisotopic (exact) mass is 248 g/mol. The van der Waals surface area contributed by atoms with Crippen LogP contribution in [0.4, 0.5) is 0 Å². The Morgan fingerprint density at radius 3 is 2.17 bits per heavy atom. The maximum atomic E-state index is 12.3. The number of Topliss-reactive ketones (excluding diaryl/α,β-unsaturated/α-hetero) is 1. The Hall–Kier alpha value is -1.19. The lowest BCUT2D eigenvalue weighted by molar-refractivity contribution is -0.109. The van der Waals surface area contributed by atoms with Gasteiger partial charge in [0.25, 0.3) is 0 Å². The van der Waals surface area contributed by atoms with E-state index < -0.39 is 5.41 Å². The van der Waals surface area contributed by atoms with Crippen LogP contribution in [0.15, 0.2) is 24.3 Å². The van der Waals surface area contributed by atoms with Crippen LogP contribution in [0.1, 0.15) is 36.7 Å². The normalized spacial score (nSPS) is 18.2. The van der Waals surface area contributed by atoms with Crippen molar-refractivity contribution in [3.05, 3.63) is 35.4 Å². The number of aliphatic hydroxyl groups excluding tert-OH is 1. The Balaban J connectivity index is 2.22. The molecule has 3 heteroatoms. The minimum Gasteiger partial charge on any atom is -0.395 e. The summed E-state index contributed by atoms with van der Waals surface area (Å²) in [6.07, 6.45) is 0. The molecule has 0 radical (unpaired) electrons. The third-order valence-electron chi connectivity index (χ3n) is 3.55. The van der Waals surface area contributed by atoms with Crippen molar-refractivity contribution in [1.82, 2.24) is 0 Å². The van der Waals surface area contributed by atoms with E-state index in [1.165, 1.54) is 5.56 Å². The van der Waals surface area contributed by atoms with Gasteiger partial charge in [-0.05, 0) is 11.0 Å². The van der Waals surface area contributed by atoms with Crippen molar-refractivity contribution in [2.24, 2.45) is 5.41 Å². The van der Waals surface area contributed by atoms with Crippen LogP contribution in [0.25, 0.3) is 0 Å². The molecule has 3 nitrogen and oxygen atoms in total. The Bertz CT molecular complexity index is 430. The average molecular weight is 248 g/mol. The van der Waals surface area contributed by atoms with Crippen LogP contribution >= 0.6 is 0 Å². The Morgan fingerprint density at radius 2 is 1.83 bits per heavy atom. The van der Waals surface area contributed by atoms with Gasteiger partial charge in [-0.1, -0.05) is 45.0 Å². The topological polar surface area (TPSA) is 46.5 Å². The average Bonchev–Trinajstić information content (AvgIpc) is 2.27. The standard InChI is InChI=1S/C15H20O3/c1-14(2,3)12-6-4-11(5-7-12)13(17)15(8-16)9-18-10-15/h4-7,16H,8-10H2,1-3H3. The fourth-order valence-electron chi connectivity index (χ4n) is 2.07. The second kappa shape index (κ2) is 4.48. The predicted octanol–water partition coefficient (Wildman–Crippen LogP) is 2.18. The molecular weight excluding hydrogens is 228 g/mol. The van der Waals surface area contributed by atoms with Crippen LogP contribution in [-0.2, 0) is 10.2 Å². The van der Waals surface area contributed by atoms with Crippen LogP contribution in [0.5, 0.6) is 0 Å². The number of ether oxygens (including phenoxy) is 1. The second-order valence-electron chi connectivity index (χ2n) is 6.09. The maximum absolute atomic E-state index is 12.3.